The van der Waals surface area contributed by atoms with Gasteiger partial charge in [-0.3, -0.25) is 0 Å². The van der Waals surface area contributed by atoms with E-state index in [1.54, 1.807) is 6.92 Å². The second kappa shape index (κ2) is 5.55. The van der Waals surface area contributed by atoms with Gasteiger partial charge < -0.3 is 0 Å². The molecule has 0 amide bonds. The van der Waals surface area contributed by atoms with Gasteiger partial charge in [-0.25, -0.2) is 4.39 Å². The van der Waals surface area contributed by atoms with Crippen LogP contribution in [-0.2, 0) is 0 Å². The highest BCUT2D eigenvalue weighted by Crippen LogP contribution is 2.34. The highest BCUT2D eigenvalue weighted by molar-refractivity contribution is 4.80. The monoisotopic (exact) mass is 174 g/mol. The predicted molar refractivity (Wildman–Crippen MR) is 53.1 cm³/mol. The molecule has 0 bridgehead atoms. The lowest BCUT2D eigenvalue weighted by molar-refractivity contribution is 0.100. The molecule has 74 valence electrons. The van der Waals surface area contributed by atoms with E-state index in [4.69, 9.17) is 0 Å². The summed E-state index contributed by atoms with van der Waals surface area (Å²) in [7, 11) is 0. The largest absolute Gasteiger partial charge is 0.244 e. The fourth-order valence-corrected chi connectivity index (χ4v) is 1.75. The molecule has 0 aliphatic heterocycles. The molecule has 0 N–H and O–H groups in total. The Morgan fingerprint density at radius 3 is 2.17 bits per heavy atom. The van der Waals surface area contributed by atoms with E-state index in [0.29, 0.717) is 5.92 Å². The van der Waals surface area contributed by atoms with Crippen molar-refractivity contribution in [3.05, 3.63) is 0 Å². The summed E-state index contributed by atoms with van der Waals surface area (Å²) < 4.78 is 13.1. The molecule has 1 aliphatic rings. The maximum Gasteiger partial charge on any atom is 0.108 e. The predicted octanol–water partition coefficient (Wildman–Crippen LogP) is 4.34. The molecule has 0 aromatic carbocycles. The summed E-state index contributed by atoms with van der Waals surface area (Å²) in [5.41, 5.74) is -0.850. The summed E-state index contributed by atoms with van der Waals surface area (Å²) in [4.78, 5) is 0. The maximum absolute atomic E-state index is 13.1. The van der Waals surface area contributed by atoms with Crippen LogP contribution in [0.5, 0.6) is 0 Å². The van der Waals surface area contributed by atoms with Crippen LogP contribution in [0.15, 0.2) is 0 Å². The third kappa shape index (κ3) is 5.56. The van der Waals surface area contributed by atoms with Crippen LogP contribution < -0.4 is 0 Å². The first-order valence-corrected chi connectivity index (χ1v) is 5.20. The fraction of sp³-hybridized carbons (Fsp3) is 1.00. The SMILES string of the molecule is CC1CCCC(C)(F)C1.CCC. The Labute approximate surface area is 76.6 Å². The fourth-order valence-electron chi connectivity index (χ4n) is 1.75. The summed E-state index contributed by atoms with van der Waals surface area (Å²) in [5, 5.41) is 0. The second-order valence-electron chi connectivity index (χ2n) is 4.32. The Hall–Kier alpha value is -0.0700. The topological polar surface area (TPSA) is 0 Å². The van der Waals surface area contributed by atoms with Gasteiger partial charge in [0.25, 0.3) is 0 Å². The van der Waals surface area contributed by atoms with Gasteiger partial charge in [0, 0.05) is 0 Å². The number of alkyl halides is 1. The van der Waals surface area contributed by atoms with E-state index in [1.807, 2.05) is 0 Å². The summed E-state index contributed by atoms with van der Waals surface area (Å²) >= 11 is 0. The van der Waals surface area contributed by atoms with Gasteiger partial charge >= 0.3 is 0 Å². The Kier molecular flexibility index (Phi) is 5.52. The summed E-state index contributed by atoms with van der Waals surface area (Å²) in [5.74, 6) is 0.605. The smallest absolute Gasteiger partial charge is 0.108 e. The van der Waals surface area contributed by atoms with Crippen molar-refractivity contribution in [1.29, 1.82) is 0 Å². The Bertz CT molecular complexity index is 108. The molecule has 12 heavy (non-hydrogen) atoms. The number of rotatable bonds is 0. The van der Waals surface area contributed by atoms with Crippen LogP contribution in [0.4, 0.5) is 4.39 Å². The number of halogens is 1. The van der Waals surface area contributed by atoms with E-state index in [2.05, 4.69) is 20.8 Å². The van der Waals surface area contributed by atoms with Crippen molar-refractivity contribution in [3.8, 4) is 0 Å². The van der Waals surface area contributed by atoms with Crippen molar-refractivity contribution in [2.75, 3.05) is 0 Å². The average Bonchev–Trinajstić information content (AvgIpc) is 1.85. The third-order valence-corrected chi connectivity index (χ3v) is 2.17. The minimum absolute atomic E-state index is 0.605. The van der Waals surface area contributed by atoms with Crippen LogP contribution in [0.1, 0.15) is 59.8 Å². The van der Waals surface area contributed by atoms with E-state index < -0.39 is 5.67 Å². The zero-order chi connectivity index (χ0) is 9.61. The zero-order valence-electron chi connectivity index (χ0n) is 8.99. The van der Waals surface area contributed by atoms with Crippen molar-refractivity contribution in [2.45, 2.75) is 65.5 Å². The summed E-state index contributed by atoms with van der Waals surface area (Å²) in [6.07, 6.45) is 5.10. The molecule has 0 heterocycles. The van der Waals surface area contributed by atoms with Gasteiger partial charge in [-0.2, -0.15) is 0 Å². The van der Waals surface area contributed by atoms with Crippen LogP contribution >= 0.6 is 0 Å². The first-order chi connectivity index (χ1) is 5.52. The molecular weight excluding hydrogens is 151 g/mol. The molecule has 1 aliphatic carbocycles. The van der Waals surface area contributed by atoms with Gasteiger partial charge in [0.15, 0.2) is 0 Å². The van der Waals surface area contributed by atoms with Gasteiger partial charge in [0.05, 0.1) is 0 Å². The van der Waals surface area contributed by atoms with Gasteiger partial charge in [-0.15, -0.1) is 0 Å². The lowest BCUT2D eigenvalue weighted by atomic mass is 9.81. The highest BCUT2D eigenvalue weighted by atomic mass is 19.1. The van der Waals surface area contributed by atoms with Crippen LogP contribution in [0.2, 0.25) is 0 Å². The zero-order valence-corrected chi connectivity index (χ0v) is 8.99. The van der Waals surface area contributed by atoms with E-state index in [-0.39, 0.29) is 0 Å². The second-order valence-corrected chi connectivity index (χ2v) is 4.32. The molecule has 0 aromatic rings. The average molecular weight is 174 g/mol. The van der Waals surface area contributed by atoms with Crippen LogP contribution in [0.25, 0.3) is 0 Å². The molecule has 0 saturated heterocycles. The van der Waals surface area contributed by atoms with Crippen LogP contribution in [0.3, 0.4) is 0 Å². The van der Waals surface area contributed by atoms with E-state index in [0.717, 1.165) is 19.3 Å². The lowest BCUT2D eigenvalue weighted by Gasteiger charge is -2.29. The third-order valence-electron chi connectivity index (χ3n) is 2.17. The van der Waals surface area contributed by atoms with Crippen LogP contribution in [0, 0.1) is 5.92 Å². The molecule has 1 saturated carbocycles. The number of hydrogen-bond donors (Lipinski definition) is 0. The van der Waals surface area contributed by atoms with Crippen molar-refractivity contribution in [3.63, 3.8) is 0 Å². The molecule has 0 aromatic heterocycles. The molecule has 1 rings (SSSR count). The Balaban J connectivity index is 0.000000354. The molecular formula is C11H23F. The lowest BCUT2D eigenvalue weighted by Crippen LogP contribution is -2.25. The van der Waals surface area contributed by atoms with E-state index in [1.165, 1.54) is 12.8 Å². The molecule has 0 spiro atoms. The molecule has 1 fully saturated rings. The standard InChI is InChI=1S/C8H15F.C3H8/c1-7-4-3-5-8(2,9)6-7;1-3-2/h7H,3-6H2,1-2H3;3H2,1-2H3. The molecule has 0 radical (unpaired) electrons. The molecule has 1 heteroatoms. The van der Waals surface area contributed by atoms with Gasteiger partial charge in [0.2, 0.25) is 0 Å². The molecule has 2 atom stereocenters. The van der Waals surface area contributed by atoms with E-state index in [9.17, 15) is 4.39 Å². The van der Waals surface area contributed by atoms with Crippen molar-refractivity contribution in [2.24, 2.45) is 5.92 Å². The van der Waals surface area contributed by atoms with Gasteiger partial charge in [0.1, 0.15) is 5.67 Å². The highest BCUT2D eigenvalue weighted by Gasteiger charge is 2.29. The first kappa shape index (κ1) is 11.9. The van der Waals surface area contributed by atoms with Crippen molar-refractivity contribution < 1.29 is 4.39 Å². The van der Waals surface area contributed by atoms with Gasteiger partial charge in [-0.1, -0.05) is 40.0 Å². The minimum atomic E-state index is -0.850. The Morgan fingerprint density at radius 1 is 1.42 bits per heavy atom. The van der Waals surface area contributed by atoms with Crippen LogP contribution in [-0.4, -0.2) is 5.67 Å². The Morgan fingerprint density at radius 2 is 1.92 bits per heavy atom. The quantitative estimate of drug-likeness (QED) is 0.512. The normalized spacial score (nSPS) is 35.2. The summed E-state index contributed by atoms with van der Waals surface area (Å²) in [6, 6.07) is 0. The maximum atomic E-state index is 13.1. The minimum Gasteiger partial charge on any atom is -0.244 e. The van der Waals surface area contributed by atoms with Gasteiger partial charge in [-0.05, 0) is 25.7 Å². The molecule has 2 unspecified atom stereocenters. The molecule has 0 nitrogen and oxygen atoms in total. The first-order valence-electron chi connectivity index (χ1n) is 5.20. The van der Waals surface area contributed by atoms with E-state index >= 15 is 0 Å². The summed E-state index contributed by atoms with van der Waals surface area (Å²) in [6.45, 7) is 8.11. The van der Waals surface area contributed by atoms with Crippen molar-refractivity contribution in [1.82, 2.24) is 0 Å². The van der Waals surface area contributed by atoms with Crippen molar-refractivity contribution >= 4 is 0 Å². The number of hydrogen-bond acceptors (Lipinski definition) is 0.